The highest BCUT2D eigenvalue weighted by Gasteiger charge is 2.09. The van der Waals surface area contributed by atoms with Gasteiger partial charge < -0.3 is 0 Å². The highest BCUT2D eigenvalue weighted by molar-refractivity contribution is 9.10. The first-order chi connectivity index (χ1) is 7.66. The first-order valence-electron chi connectivity index (χ1n) is 4.44. The molecule has 0 saturated heterocycles. The second-order valence-corrected chi connectivity index (χ2v) is 4.69. The Labute approximate surface area is 109 Å². The fourth-order valence-corrected chi connectivity index (χ4v) is 1.66. The lowest BCUT2D eigenvalue weighted by Crippen LogP contribution is -2.02. The van der Waals surface area contributed by atoms with E-state index < -0.39 is 0 Å². The van der Waals surface area contributed by atoms with Crippen LogP contribution in [0.25, 0.3) is 0 Å². The molecule has 0 aliphatic carbocycles. The van der Waals surface area contributed by atoms with Crippen molar-refractivity contribution in [3.8, 4) is 0 Å². The van der Waals surface area contributed by atoms with Crippen molar-refractivity contribution in [3.05, 3.63) is 57.0 Å². The highest BCUT2D eigenvalue weighted by Crippen LogP contribution is 2.13. The minimum absolute atomic E-state index is 0.0833. The first-order valence-corrected chi connectivity index (χ1v) is 6.03. The fourth-order valence-electron chi connectivity index (χ4n) is 1.19. The van der Waals surface area contributed by atoms with Gasteiger partial charge in [-0.3, -0.25) is 4.79 Å². The van der Waals surface area contributed by atoms with Gasteiger partial charge in [0.2, 0.25) is 0 Å². The third-order valence-electron chi connectivity index (χ3n) is 1.98. The van der Waals surface area contributed by atoms with E-state index in [2.05, 4.69) is 41.8 Å². The van der Waals surface area contributed by atoms with E-state index in [0.29, 0.717) is 20.3 Å². The van der Waals surface area contributed by atoms with Crippen molar-refractivity contribution < 1.29 is 4.79 Å². The van der Waals surface area contributed by atoms with Gasteiger partial charge in [-0.15, -0.1) is 0 Å². The van der Waals surface area contributed by atoms with Crippen LogP contribution in [-0.4, -0.2) is 15.8 Å². The van der Waals surface area contributed by atoms with Crippen LogP contribution in [-0.2, 0) is 0 Å². The van der Waals surface area contributed by atoms with Crippen molar-refractivity contribution in [2.24, 2.45) is 0 Å². The summed E-state index contributed by atoms with van der Waals surface area (Å²) in [6.07, 6.45) is 3.07. The van der Waals surface area contributed by atoms with Gasteiger partial charge in [0, 0.05) is 23.5 Å². The minimum Gasteiger partial charge on any atom is -0.288 e. The number of rotatable bonds is 2. The molecule has 2 aromatic heterocycles. The highest BCUT2D eigenvalue weighted by atomic mass is 79.9. The van der Waals surface area contributed by atoms with Gasteiger partial charge in [-0.05, 0) is 56.1 Å². The molecule has 0 aliphatic rings. The maximum atomic E-state index is 12.0. The third-order valence-corrected chi connectivity index (χ3v) is 2.92. The Morgan fingerprint density at radius 1 is 0.875 bits per heavy atom. The van der Waals surface area contributed by atoms with E-state index >= 15 is 0 Å². The number of carbonyl (C=O) groups excluding carboxylic acids is 1. The number of hydrogen-bond donors (Lipinski definition) is 0. The van der Waals surface area contributed by atoms with Crippen molar-refractivity contribution in [2.75, 3.05) is 0 Å². The summed E-state index contributed by atoms with van der Waals surface area (Å²) in [5.74, 6) is -0.0833. The molecule has 3 nitrogen and oxygen atoms in total. The Morgan fingerprint density at radius 3 is 1.62 bits per heavy atom. The number of nitrogens with zero attached hydrogens (tertiary/aromatic N) is 2. The zero-order chi connectivity index (χ0) is 11.5. The van der Waals surface area contributed by atoms with E-state index in [1.165, 1.54) is 12.4 Å². The van der Waals surface area contributed by atoms with Crippen molar-refractivity contribution in [1.82, 2.24) is 9.97 Å². The summed E-state index contributed by atoms with van der Waals surface area (Å²) in [5.41, 5.74) is 1.10. The lowest BCUT2D eigenvalue weighted by atomic mass is 10.1. The van der Waals surface area contributed by atoms with Gasteiger partial charge >= 0.3 is 0 Å². The van der Waals surface area contributed by atoms with Crippen molar-refractivity contribution >= 4 is 37.6 Å². The molecule has 0 saturated carbocycles. The predicted octanol–water partition coefficient (Wildman–Crippen LogP) is 3.23. The van der Waals surface area contributed by atoms with E-state index in [4.69, 9.17) is 0 Å². The van der Waals surface area contributed by atoms with Gasteiger partial charge in [0.15, 0.2) is 5.78 Å². The monoisotopic (exact) mass is 340 g/mol. The number of aromatic nitrogens is 2. The molecule has 0 radical (unpaired) electrons. The van der Waals surface area contributed by atoms with Gasteiger partial charge in [0.25, 0.3) is 0 Å². The van der Waals surface area contributed by atoms with Crippen LogP contribution in [0.15, 0.2) is 45.9 Å². The summed E-state index contributed by atoms with van der Waals surface area (Å²) in [4.78, 5) is 20.0. The predicted molar refractivity (Wildman–Crippen MR) is 67.3 cm³/mol. The summed E-state index contributed by atoms with van der Waals surface area (Å²) < 4.78 is 1.41. The third kappa shape index (κ3) is 2.54. The molecule has 5 heteroatoms. The molecular weight excluding hydrogens is 336 g/mol. The lowest BCUT2D eigenvalue weighted by molar-refractivity contribution is 0.103. The summed E-state index contributed by atoms with van der Waals surface area (Å²) in [5, 5.41) is 0. The molecule has 0 unspecified atom stereocenters. The Bertz CT molecular complexity index is 461. The first kappa shape index (κ1) is 11.4. The van der Waals surface area contributed by atoms with Crippen LogP contribution < -0.4 is 0 Å². The molecule has 0 aromatic carbocycles. The molecule has 0 spiro atoms. The van der Waals surface area contributed by atoms with Crippen LogP contribution in [0.5, 0.6) is 0 Å². The molecule has 0 atom stereocenters. The molecule has 2 heterocycles. The zero-order valence-electron chi connectivity index (χ0n) is 8.02. The summed E-state index contributed by atoms with van der Waals surface area (Å²) in [7, 11) is 0. The van der Waals surface area contributed by atoms with E-state index in [1.54, 1.807) is 24.3 Å². The lowest BCUT2D eigenvalue weighted by Gasteiger charge is -2.00. The number of hydrogen-bond acceptors (Lipinski definition) is 3. The van der Waals surface area contributed by atoms with Gasteiger partial charge in [-0.2, -0.15) is 0 Å². The fraction of sp³-hybridized carbons (Fsp3) is 0. The van der Waals surface area contributed by atoms with Gasteiger partial charge in [0.1, 0.15) is 9.21 Å². The van der Waals surface area contributed by atoms with Crippen LogP contribution in [0, 0.1) is 0 Å². The Hall–Kier alpha value is -1.07. The second kappa shape index (κ2) is 4.84. The summed E-state index contributed by atoms with van der Waals surface area (Å²) in [6.45, 7) is 0. The summed E-state index contributed by atoms with van der Waals surface area (Å²) >= 11 is 6.44. The van der Waals surface area contributed by atoms with Crippen LogP contribution in [0.1, 0.15) is 15.9 Å². The van der Waals surface area contributed by atoms with Crippen LogP contribution in [0.2, 0.25) is 0 Å². The van der Waals surface area contributed by atoms with Gasteiger partial charge in [0.05, 0.1) is 0 Å². The molecule has 16 heavy (non-hydrogen) atoms. The zero-order valence-corrected chi connectivity index (χ0v) is 11.2. The van der Waals surface area contributed by atoms with E-state index in [9.17, 15) is 4.79 Å². The number of halogens is 2. The number of ketones is 1. The molecule has 0 aliphatic heterocycles. The van der Waals surface area contributed by atoms with Crippen molar-refractivity contribution in [3.63, 3.8) is 0 Å². The van der Waals surface area contributed by atoms with Crippen molar-refractivity contribution in [2.45, 2.75) is 0 Å². The second-order valence-electron chi connectivity index (χ2n) is 3.07. The molecule has 0 bridgehead atoms. The molecule has 80 valence electrons. The molecular formula is C11H6Br2N2O. The average molecular weight is 342 g/mol. The molecule has 0 amide bonds. The normalized spacial score (nSPS) is 10.1. The quantitative estimate of drug-likeness (QED) is 0.622. The Morgan fingerprint density at radius 2 is 1.31 bits per heavy atom. The van der Waals surface area contributed by atoms with Crippen LogP contribution in [0.3, 0.4) is 0 Å². The van der Waals surface area contributed by atoms with Gasteiger partial charge in [-0.1, -0.05) is 0 Å². The van der Waals surface area contributed by atoms with E-state index in [1.807, 2.05) is 0 Å². The smallest absolute Gasteiger partial charge is 0.196 e. The maximum absolute atomic E-state index is 12.0. The SMILES string of the molecule is O=C(c1ccc(Br)nc1)c1ccc(Br)nc1. The molecule has 0 fully saturated rings. The largest absolute Gasteiger partial charge is 0.288 e. The Balaban J connectivity index is 2.32. The molecule has 2 aromatic rings. The molecule has 2 rings (SSSR count). The Kier molecular flexibility index (Phi) is 3.46. The number of pyridine rings is 2. The van der Waals surface area contributed by atoms with Gasteiger partial charge in [-0.25, -0.2) is 9.97 Å². The van der Waals surface area contributed by atoms with Crippen LogP contribution >= 0.6 is 31.9 Å². The van der Waals surface area contributed by atoms with Crippen LogP contribution in [0.4, 0.5) is 0 Å². The van der Waals surface area contributed by atoms with E-state index in [-0.39, 0.29) is 5.78 Å². The summed E-state index contributed by atoms with van der Waals surface area (Å²) in [6, 6.07) is 6.92. The minimum atomic E-state index is -0.0833. The van der Waals surface area contributed by atoms with E-state index in [0.717, 1.165) is 0 Å². The average Bonchev–Trinajstić information content (AvgIpc) is 2.30. The number of carbonyl (C=O) groups is 1. The van der Waals surface area contributed by atoms with Crippen molar-refractivity contribution in [1.29, 1.82) is 0 Å². The molecule has 0 N–H and O–H groups in total. The topological polar surface area (TPSA) is 42.9 Å². The maximum Gasteiger partial charge on any atom is 0.196 e. The standard InChI is InChI=1S/C11H6Br2N2O/c12-9-3-1-7(5-14-9)11(16)8-2-4-10(13)15-6-8/h1-6H.